The second kappa shape index (κ2) is 20.0. The normalized spacial score (nSPS) is 37.9. The first-order valence-corrected chi connectivity index (χ1v) is 20.1. The lowest BCUT2D eigenvalue weighted by atomic mass is 9.72. The van der Waals surface area contributed by atoms with Gasteiger partial charge >= 0.3 is 17.9 Å². The van der Waals surface area contributed by atoms with E-state index in [1.54, 1.807) is 0 Å². The quantitative estimate of drug-likeness (QED) is 0.0457. The van der Waals surface area contributed by atoms with Gasteiger partial charge in [-0.25, -0.2) is 9.78 Å². The molecule has 2 N–H and O–H groups in total. The third kappa shape index (κ3) is 11.6. The first kappa shape index (κ1) is 40.4. The van der Waals surface area contributed by atoms with E-state index < -0.39 is 41.8 Å². The van der Waals surface area contributed by atoms with Crippen molar-refractivity contribution in [2.45, 2.75) is 150 Å². The smallest absolute Gasteiger partial charge is 0.310 e. The third-order valence-corrected chi connectivity index (χ3v) is 13.1. The summed E-state index contributed by atoms with van der Waals surface area (Å²) in [6.07, 6.45) is 19.8. The van der Waals surface area contributed by atoms with Crippen LogP contribution in [0.4, 0.5) is 0 Å². The maximum Gasteiger partial charge on any atom is 0.310 e. The van der Waals surface area contributed by atoms with E-state index in [9.17, 15) is 24.6 Å². The van der Waals surface area contributed by atoms with Gasteiger partial charge in [-0.05, 0) is 108 Å². The summed E-state index contributed by atoms with van der Waals surface area (Å²) in [6.45, 7) is 1.23. The van der Waals surface area contributed by atoms with Crippen molar-refractivity contribution in [2.24, 2.45) is 35.5 Å². The topological polar surface area (TPSA) is 147 Å². The van der Waals surface area contributed by atoms with Crippen molar-refractivity contribution in [1.82, 2.24) is 0 Å². The van der Waals surface area contributed by atoms with Crippen LogP contribution in [0.5, 0.6) is 0 Å². The van der Waals surface area contributed by atoms with Crippen molar-refractivity contribution < 1.29 is 53.3 Å². The monoisotopic (exact) mass is 758 g/mol. The summed E-state index contributed by atoms with van der Waals surface area (Å²) in [5, 5.41) is 19.0. The van der Waals surface area contributed by atoms with Gasteiger partial charge in [0.2, 0.25) is 0 Å². The zero-order valence-corrected chi connectivity index (χ0v) is 31.1. The Labute approximate surface area is 312 Å². The van der Waals surface area contributed by atoms with Crippen molar-refractivity contribution in [3.63, 3.8) is 0 Å². The molecule has 0 aromatic carbocycles. The molecule has 5 saturated carbocycles. The Bertz CT molecular complexity index is 1170. The molecule has 5 fully saturated rings. The van der Waals surface area contributed by atoms with E-state index in [4.69, 9.17) is 58.3 Å². The zero-order chi connectivity index (χ0) is 36.3. The molecule has 0 spiro atoms. The van der Waals surface area contributed by atoms with E-state index in [2.05, 4.69) is 6.11 Å². The molecule has 51 heavy (non-hydrogen) atoms. The fraction of sp³-hybridized carbons (Fsp3) is 0.868. The Morgan fingerprint density at radius 3 is 1.88 bits per heavy atom. The Morgan fingerprint density at radius 2 is 1.25 bits per heavy atom. The van der Waals surface area contributed by atoms with Gasteiger partial charge in [-0.2, -0.15) is 0 Å². The molecule has 0 aromatic rings. The number of ether oxygens (including phenoxy) is 4. The van der Waals surface area contributed by atoms with E-state index in [-0.39, 0.29) is 48.0 Å². The van der Waals surface area contributed by atoms with Crippen molar-refractivity contribution in [1.29, 1.82) is 0 Å². The number of carbonyl (C=O) groups is 3. The van der Waals surface area contributed by atoms with E-state index >= 15 is 0 Å². The summed E-state index contributed by atoms with van der Waals surface area (Å²) in [6, 6.07) is 0. The molecule has 13 heteroatoms. The molecule has 0 aromatic heterocycles. The first-order chi connectivity index (χ1) is 24.6. The van der Waals surface area contributed by atoms with E-state index in [0.29, 0.717) is 69.7 Å². The van der Waals surface area contributed by atoms with Crippen LogP contribution in [0, 0.1) is 48.0 Å². The molecule has 5 aliphatic carbocycles. The molecular formula is C38H56Cl2O11. The van der Waals surface area contributed by atoms with Crippen LogP contribution in [0.25, 0.3) is 0 Å². The Hall–Kier alpha value is -1.81. The predicted octanol–water partition coefficient (Wildman–Crippen LogP) is 6.74. The third-order valence-electron chi connectivity index (χ3n) is 12.2. The molecule has 0 bridgehead atoms. The van der Waals surface area contributed by atoms with Gasteiger partial charge in [0.15, 0.2) is 0 Å². The summed E-state index contributed by atoms with van der Waals surface area (Å²) in [5.41, 5.74) is 0. The Kier molecular flexibility index (Phi) is 15.9. The molecule has 0 heterocycles. The van der Waals surface area contributed by atoms with Crippen LogP contribution in [0.3, 0.4) is 0 Å². The highest BCUT2D eigenvalue weighted by Gasteiger charge is 2.44. The van der Waals surface area contributed by atoms with Gasteiger partial charge in [-0.15, -0.1) is 23.2 Å². The van der Waals surface area contributed by atoms with E-state index in [0.717, 1.165) is 44.9 Å². The number of carbonyl (C=O) groups excluding carboxylic acids is 1. The molecule has 288 valence electrons. The summed E-state index contributed by atoms with van der Waals surface area (Å²) in [5.74, 6) is -4.14. The zero-order valence-electron chi connectivity index (χ0n) is 29.5. The van der Waals surface area contributed by atoms with Gasteiger partial charge < -0.3 is 29.2 Å². The Morgan fingerprint density at radius 1 is 0.647 bits per heavy atom. The number of alkyl halides is 2. The fourth-order valence-electron chi connectivity index (χ4n) is 9.18. The summed E-state index contributed by atoms with van der Waals surface area (Å²) in [7, 11) is 0. The van der Waals surface area contributed by atoms with Crippen LogP contribution in [0.1, 0.15) is 109 Å². The molecule has 5 aliphatic rings. The molecule has 5 rings (SSSR count). The molecule has 12 unspecified atom stereocenters. The fourth-order valence-corrected chi connectivity index (χ4v) is 9.99. The highest BCUT2D eigenvalue weighted by Crippen LogP contribution is 2.43. The van der Waals surface area contributed by atoms with Gasteiger partial charge in [-0.1, -0.05) is 25.7 Å². The number of esters is 1. The average Bonchev–Trinajstić information content (AvgIpc) is 3.12. The van der Waals surface area contributed by atoms with Gasteiger partial charge in [0.05, 0.1) is 60.5 Å². The van der Waals surface area contributed by atoms with Crippen LogP contribution < -0.4 is 0 Å². The maximum absolute atomic E-state index is 13.1. The standard InChI is InChI=1S/C38H56Cl2O11/c1-2-46-27-12-13-29(31(21-27)37(43)44)38(45)50-34-14-9-23(18-32(34)39)24-10-15-35(33(40)19-24)51-49-22-25-8-11-28(20-30(25)36(41)42)48-17-16-47-26-6-4-3-5-7-26/h1,23-35H,3-22H2,(H,41,42)(H,43,44). The number of hydrogen-bond acceptors (Lipinski definition) is 9. The lowest BCUT2D eigenvalue weighted by Gasteiger charge is -2.41. The second-order valence-corrected chi connectivity index (χ2v) is 16.6. The van der Waals surface area contributed by atoms with Crippen LogP contribution in [0.15, 0.2) is 0 Å². The van der Waals surface area contributed by atoms with Crippen molar-refractivity contribution in [2.75, 3.05) is 19.8 Å². The molecule has 12 atom stereocenters. The molecule has 0 amide bonds. The van der Waals surface area contributed by atoms with Crippen molar-refractivity contribution in [3.05, 3.63) is 0 Å². The van der Waals surface area contributed by atoms with Gasteiger partial charge in [0, 0.05) is 0 Å². The van der Waals surface area contributed by atoms with Crippen molar-refractivity contribution in [3.8, 4) is 12.5 Å². The van der Waals surface area contributed by atoms with Gasteiger partial charge in [-0.3, -0.25) is 14.4 Å². The minimum atomic E-state index is -1.06. The summed E-state index contributed by atoms with van der Waals surface area (Å²) >= 11 is 13.6. The lowest BCUT2D eigenvalue weighted by molar-refractivity contribution is -0.337. The molecule has 0 aliphatic heterocycles. The van der Waals surface area contributed by atoms with Crippen LogP contribution >= 0.6 is 23.2 Å². The first-order valence-electron chi connectivity index (χ1n) is 19.2. The molecule has 0 saturated heterocycles. The number of rotatable bonds is 15. The van der Waals surface area contributed by atoms with E-state index in [1.807, 2.05) is 0 Å². The predicted molar refractivity (Wildman–Crippen MR) is 188 cm³/mol. The number of carboxylic acid groups (broad SMARTS) is 2. The highest BCUT2D eigenvalue weighted by molar-refractivity contribution is 6.21. The van der Waals surface area contributed by atoms with Crippen molar-refractivity contribution >= 4 is 41.1 Å². The molecule has 0 radical (unpaired) electrons. The number of terminal acetylenes is 1. The van der Waals surface area contributed by atoms with Gasteiger partial charge in [0.1, 0.15) is 24.4 Å². The lowest BCUT2D eigenvalue weighted by Crippen LogP contribution is -2.43. The second-order valence-electron chi connectivity index (χ2n) is 15.4. The number of aliphatic carboxylic acids is 2. The maximum atomic E-state index is 13.1. The summed E-state index contributed by atoms with van der Waals surface area (Å²) in [4.78, 5) is 48.6. The molecule has 11 nitrogen and oxygen atoms in total. The summed E-state index contributed by atoms with van der Waals surface area (Å²) < 4.78 is 23.0. The average molecular weight is 760 g/mol. The minimum absolute atomic E-state index is 0.0974. The minimum Gasteiger partial charge on any atom is -0.481 e. The number of hydrogen-bond donors (Lipinski definition) is 2. The largest absolute Gasteiger partial charge is 0.481 e. The SMILES string of the molecule is C#COC1CCC(C(=O)OC2CCC(C3CCC(OOCC4CCC(OCCOC5CCCCC5)CC4C(=O)O)C(Cl)C3)CC2Cl)C(C(=O)O)C1. The Balaban J connectivity index is 0.984. The van der Waals surface area contributed by atoms with Crippen LogP contribution in [-0.4, -0.2) is 89.2 Å². The van der Waals surface area contributed by atoms with Gasteiger partial charge in [0.25, 0.3) is 0 Å². The number of halogens is 2. The van der Waals surface area contributed by atoms with E-state index in [1.165, 1.54) is 19.3 Å². The highest BCUT2D eigenvalue weighted by atomic mass is 35.5. The molecular weight excluding hydrogens is 703 g/mol. The van der Waals surface area contributed by atoms with Crippen LogP contribution in [0.2, 0.25) is 0 Å². The number of carboxylic acids is 2. The van der Waals surface area contributed by atoms with Crippen LogP contribution in [-0.2, 0) is 43.1 Å².